The van der Waals surface area contributed by atoms with Gasteiger partial charge in [0, 0.05) is 11.1 Å². The molecular formula is C10H9Cl2F3O2. The van der Waals surface area contributed by atoms with Crippen LogP contribution in [0.5, 0.6) is 5.75 Å². The monoisotopic (exact) mass is 288 g/mol. The maximum absolute atomic E-state index is 11.7. The Hall–Kier alpha value is -0.650. The van der Waals surface area contributed by atoms with Gasteiger partial charge in [-0.15, -0.1) is 0 Å². The molecule has 0 aromatic heterocycles. The van der Waals surface area contributed by atoms with Crippen LogP contribution in [0.1, 0.15) is 0 Å². The average Bonchev–Trinajstić information content (AvgIpc) is 2.21. The Labute approximate surface area is 106 Å². The highest BCUT2D eigenvalue weighted by Gasteiger charge is 2.27. The normalized spacial score (nSPS) is 11.6. The maximum atomic E-state index is 11.7. The quantitative estimate of drug-likeness (QED) is 0.764. The second-order valence-electron chi connectivity index (χ2n) is 3.09. The van der Waals surface area contributed by atoms with Gasteiger partial charge in [0.15, 0.2) is 0 Å². The molecular weight excluding hydrogens is 280 g/mol. The van der Waals surface area contributed by atoms with Crippen molar-refractivity contribution in [3.05, 3.63) is 28.2 Å². The van der Waals surface area contributed by atoms with Crippen LogP contribution in [0, 0.1) is 0 Å². The molecule has 0 N–H and O–H groups in total. The molecule has 0 aliphatic rings. The van der Waals surface area contributed by atoms with E-state index in [1.54, 1.807) is 6.07 Å². The van der Waals surface area contributed by atoms with Gasteiger partial charge < -0.3 is 9.47 Å². The van der Waals surface area contributed by atoms with Gasteiger partial charge in [-0.2, -0.15) is 13.2 Å². The Bertz CT molecular complexity index is 369. The lowest BCUT2D eigenvalue weighted by atomic mass is 10.3. The zero-order valence-corrected chi connectivity index (χ0v) is 10.1. The lowest BCUT2D eigenvalue weighted by molar-refractivity contribution is -0.175. The average molecular weight is 289 g/mol. The van der Waals surface area contributed by atoms with E-state index < -0.39 is 12.8 Å². The van der Waals surface area contributed by atoms with Crippen molar-refractivity contribution in [2.24, 2.45) is 0 Å². The molecule has 7 heteroatoms. The van der Waals surface area contributed by atoms with E-state index in [1.807, 2.05) is 0 Å². The minimum Gasteiger partial charge on any atom is -0.490 e. The number of benzene rings is 1. The second-order valence-corrected chi connectivity index (χ2v) is 3.93. The fraction of sp³-hybridized carbons (Fsp3) is 0.400. The highest BCUT2D eigenvalue weighted by molar-refractivity contribution is 6.34. The summed E-state index contributed by atoms with van der Waals surface area (Å²) >= 11 is 11.5. The molecule has 0 aliphatic heterocycles. The van der Waals surface area contributed by atoms with Gasteiger partial charge in [0.1, 0.15) is 19.0 Å². The van der Waals surface area contributed by atoms with Crippen LogP contribution < -0.4 is 4.74 Å². The smallest absolute Gasteiger partial charge is 0.411 e. The van der Waals surface area contributed by atoms with Gasteiger partial charge in [-0.05, 0) is 12.1 Å². The molecule has 0 saturated carbocycles. The van der Waals surface area contributed by atoms with Gasteiger partial charge in [0.2, 0.25) is 0 Å². The van der Waals surface area contributed by atoms with Crippen molar-refractivity contribution >= 4 is 23.2 Å². The molecule has 0 heterocycles. The molecule has 0 spiro atoms. The number of ether oxygens (including phenoxy) is 2. The fourth-order valence-corrected chi connectivity index (χ4v) is 1.32. The van der Waals surface area contributed by atoms with Crippen LogP contribution in [0.25, 0.3) is 0 Å². The number of alkyl halides is 3. The molecule has 0 atom stereocenters. The molecule has 96 valence electrons. The molecule has 0 saturated heterocycles. The largest absolute Gasteiger partial charge is 0.490 e. The fourth-order valence-electron chi connectivity index (χ4n) is 0.986. The summed E-state index contributed by atoms with van der Waals surface area (Å²) in [6.45, 7) is -1.50. The first kappa shape index (κ1) is 14.4. The highest BCUT2D eigenvalue weighted by Crippen LogP contribution is 2.27. The molecule has 1 aromatic carbocycles. The third-order valence-corrected chi connectivity index (χ3v) is 2.19. The van der Waals surface area contributed by atoms with E-state index in [9.17, 15) is 13.2 Å². The van der Waals surface area contributed by atoms with Gasteiger partial charge in [-0.1, -0.05) is 23.2 Å². The van der Waals surface area contributed by atoms with E-state index >= 15 is 0 Å². The Morgan fingerprint density at radius 3 is 2.47 bits per heavy atom. The maximum Gasteiger partial charge on any atom is 0.411 e. The summed E-state index contributed by atoms with van der Waals surface area (Å²) in [5.41, 5.74) is 0. The van der Waals surface area contributed by atoms with E-state index in [0.29, 0.717) is 15.8 Å². The van der Waals surface area contributed by atoms with Crippen molar-refractivity contribution in [2.45, 2.75) is 6.18 Å². The lowest BCUT2D eigenvalue weighted by Crippen LogP contribution is -2.19. The van der Waals surface area contributed by atoms with Crippen LogP contribution >= 0.6 is 23.2 Å². The molecule has 0 unspecified atom stereocenters. The number of hydrogen-bond donors (Lipinski definition) is 0. The third-order valence-electron chi connectivity index (χ3n) is 1.64. The summed E-state index contributed by atoms with van der Waals surface area (Å²) in [7, 11) is 0. The number of hydrogen-bond acceptors (Lipinski definition) is 2. The molecule has 0 radical (unpaired) electrons. The molecule has 0 amide bonds. The first-order chi connectivity index (χ1) is 7.88. The minimum absolute atomic E-state index is 0.0316. The molecule has 17 heavy (non-hydrogen) atoms. The van der Waals surface area contributed by atoms with E-state index in [2.05, 4.69) is 4.74 Å². The van der Waals surface area contributed by atoms with Crippen LogP contribution in [-0.2, 0) is 4.74 Å². The summed E-state index contributed by atoms with van der Waals surface area (Å²) < 4.78 is 44.6. The van der Waals surface area contributed by atoms with E-state index in [-0.39, 0.29) is 13.2 Å². The predicted octanol–water partition coefficient (Wildman–Crippen LogP) is 3.95. The van der Waals surface area contributed by atoms with Gasteiger partial charge in [0.25, 0.3) is 0 Å². The van der Waals surface area contributed by atoms with Crippen molar-refractivity contribution in [3.63, 3.8) is 0 Å². The van der Waals surface area contributed by atoms with Crippen LogP contribution in [0.2, 0.25) is 10.0 Å². The second kappa shape index (κ2) is 6.33. The van der Waals surface area contributed by atoms with Gasteiger partial charge >= 0.3 is 6.18 Å². The minimum atomic E-state index is -4.33. The molecule has 1 rings (SSSR count). The molecule has 1 aromatic rings. The van der Waals surface area contributed by atoms with Crippen molar-refractivity contribution in [3.8, 4) is 5.75 Å². The van der Waals surface area contributed by atoms with Crippen LogP contribution in [0.15, 0.2) is 18.2 Å². The van der Waals surface area contributed by atoms with E-state index in [4.69, 9.17) is 27.9 Å². The Kier molecular flexibility index (Phi) is 5.36. The number of rotatable bonds is 5. The molecule has 0 fully saturated rings. The zero-order chi connectivity index (χ0) is 12.9. The first-order valence-electron chi connectivity index (χ1n) is 4.61. The summed E-state index contributed by atoms with van der Waals surface area (Å²) in [5, 5.41) is 0.769. The van der Waals surface area contributed by atoms with Gasteiger partial charge in [-0.3, -0.25) is 0 Å². The Morgan fingerprint density at radius 1 is 1.12 bits per heavy atom. The van der Waals surface area contributed by atoms with Crippen molar-refractivity contribution < 1.29 is 22.6 Å². The predicted molar refractivity (Wildman–Crippen MR) is 58.8 cm³/mol. The summed E-state index contributed by atoms with van der Waals surface area (Å²) in [5.74, 6) is 0.315. The topological polar surface area (TPSA) is 18.5 Å². The number of halogens is 5. The van der Waals surface area contributed by atoms with Crippen molar-refractivity contribution in [1.82, 2.24) is 0 Å². The van der Waals surface area contributed by atoms with Crippen LogP contribution in [0.3, 0.4) is 0 Å². The standard InChI is InChI=1S/C10H9Cl2F3O2/c11-7-1-2-8(12)9(5-7)17-4-3-16-6-10(13,14)15/h1-2,5H,3-4,6H2. The third kappa shape index (κ3) is 6.00. The van der Waals surface area contributed by atoms with E-state index in [0.717, 1.165) is 0 Å². The SMILES string of the molecule is FC(F)(F)COCCOc1cc(Cl)ccc1Cl. The summed E-state index contributed by atoms with van der Waals surface area (Å²) in [4.78, 5) is 0. The van der Waals surface area contributed by atoms with Crippen LogP contribution in [0.4, 0.5) is 13.2 Å². The Morgan fingerprint density at radius 2 is 1.82 bits per heavy atom. The van der Waals surface area contributed by atoms with Crippen molar-refractivity contribution in [2.75, 3.05) is 19.8 Å². The highest BCUT2D eigenvalue weighted by atomic mass is 35.5. The zero-order valence-electron chi connectivity index (χ0n) is 8.56. The van der Waals surface area contributed by atoms with Crippen LogP contribution in [-0.4, -0.2) is 26.0 Å². The Balaban J connectivity index is 2.29. The first-order valence-corrected chi connectivity index (χ1v) is 5.36. The molecule has 0 aliphatic carbocycles. The van der Waals surface area contributed by atoms with E-state index in [1.165, 1.54) is 12.1 Å². The van der Waals surface area contributed by atoms with Gasteiger partial charge in [0.05, 0.1) is 11.6 Å². The molecule has 0 bridgehead atoms. The molecule has 2 nitrogen and oxygen atoms in total. The van der Waals surface area contributed by atoms with Gasteiger partial charge in [-0.25, -0.2) is 0 Å². The summed E-state index contributed by atoms with van der Waals surface area (Å²) in [6, 6.07) is 4.60. The lowest BCUT2D eigenvalue weighted by Gasteiger charge is -2.10. The van der Waals surface area contributed by atoms with Crippen molar-refractivity contribution in [1.29, 1.82) is 0 Å². The summed E-state index contributed by atoms with van der Waals surface area (Å²) in [6.07, 6.45) is -4.33.